The molecule has 1 aliphatic heterocycles. The van der Waals surface area contributed by atoms with E-state index in [1.54, 1.807) is 50.3 Å². The summed E-state index contributed by atoms with van der Waals surface area (Å²) in [6.07, 6.45) is 1.54. The molecule has 0 aliphatic carbocycles. The lowest BCUT2D eigenvalue weighted by Gasteiger charge is -2.26. The van der Waals surface area contributed by atoms with Crippen LogP contribution in [0.4, 0.5) is 0 Å². The van der Waals surface area contributed by atoms with Gasteiger partial charge in [0.25, 0.3) is 5.56 Å². The van der Waals surface area contributed by atoms with Gasteiger partial charge >= 0.3 is 5.97 Å². The Balaban J connectivity index is 1.58. The van der Waals surface area contributed by atoms with Crippen molar-refractivity contribution in [3.8, 4) is 17.6 Å². The molecule has 0 saturated carbocycles. The standard InChI is InChI=1S/C34H29Cl2N3O5S/c1-5-42-33(41)29-20(4)38-34-39(30(29)24-12-8-9-13-27(24)44-19(2)3)32(40)28(45-34)16-21-14-25(35)31(26(36)15-21)43-18-23-11-7-6-10-22(23)17-37/h6-16,19,30H,5,18H2,1-4H3/b28-16+/t30-/m1/s1. The molecular formula is C34H29Cl2N3O5S. The number of hydrogen-bond acceptors (Lipinski definition) is 8. The first-order chi connectivity index (χ1) is 21.6. The number of nitriles is 1. The summed E-state index contributed by atoms with van der Waals surface area (Å²) in [6, 6.07) is 19.0. The fourth-order valence-corrected chi connectivity index (χ4v) is 6.67. The van der Waals surface area contributed by atoms with Gasteiger partial charge in [-0.1, -0.05) is 70.9 Å². The van der Waals surface area contributed by atoms with E-state index in [0.717, 1.165) is 0 Å². The fourth-order valence-electron chi connectivity index (χ4n) is 5.01. The maximum absolute atomic E-state index is 14.1. The van der Waals surface area contributed by atoms with Crippen LogP contribution in [0, 0.1) is 11.3 Å². The molecular weight excluding hydrogens is 633 g/mol. The molecule has 0 fully saturated rings. The number of ether oxygens (including phenoxy) is 3. The van der Waals surface area contributed by atoms with Crippen LogP contribution in [0.15, 0.2) is 81.7 Å². The molecule has 11 heteroatoms. The summed E-state index contributed by atoms with van der Waals surface area (Å²) in [5.41, 5.74) is 2.78. The highest BCUT2D eigenvalue weighted by molar-refractivity contribution is 7.07. The molecule has 0 N–H and O–H groups in total. The highest BCUT2D eigenvalue weighted by Gasteiger charge is 2.35. The van der Waals surface area contributed by atoms with Gasteiger partial charge in [0.15, 0.2) is 10.6 Å². The predicted molar refractivity (Wildman–Crippen MR) is 175 cm³/mol. The van der Waals surface area contributed by atoms with E-state index in [1.165, 1.54) is 15.9 Å². The van der Waals surface area contributed by atoms with Crippen molar-refractivity contribution in [3.05, 3.63) is 124 Å². The minimum absolute atomic E-state index is 0.102. The maximum atomic E-state index is 14.1. The second-order valence-electron chi connectivity index (χ2n) is 10.4. The number of fused-ring (bicyclic) bond motifs is 1. The number of aromatic nitrogens is 1. The average molecular weight is 663 g/mol. The third-order valence-corrected chi connectivity index (χ3v) is 8.47. The first-order valence-electron chi connectivity index (χ1n) is 14.2. The van der Waals surface area contributed by atoms with Crippen LogP contribution in [0.5, 0.6) is 11.5 Å². The Hall–Kier alpha value is -4.36. The first kappa shape index (κ1) is 32.0. The van der Waals surface area contributed by atoms with E-state index in [0.29, 0.717) is 43.0 Å². The van der Waals surface area contributed by atoms with E-state index < -0.39 is 12.0 Å². The number of rotatable bonds is 9. The van der Waals surface area contributed by atoms with Gasteiger partial charge in [-0.15, -0.1) is 0 Å². The van der Waals surface area contributed by atoms with Crippen molar-refractivity contribution in [2.75, 3.05) is 6.61 Å². The Bertz CT molecular complexity index is 2020. The van der Waals surface area contributed by atoms with Crippen LogP contribution in [0.25, 0.3) is 6.08 Å². The normalized spacial score (nSPS) is 14.5. The maximum Gasteiger partial charge on any atom is 0.338 e. The van der Waals surface area contributed by atoms with Gasteiger partial charge in [0.1, 0.15) is 18.4 Å². The number of esters is 1. The van der Waals surface area contributed by atoms with Crippen molar-refractivity contribution < 1.29 is 19.0 Å². The van der Waals surface area contributed by atoms with Gasteiger partial charge in [0, 0.05) is 11.1 Å². The number of allylic oxidation sites excluding steroid dienone is 1. The first-order valence-corrected chi connectivity index (χ1v) is 15.7. The van der Waals surface area contributed by atoms with Gasteiger partial charge in [-0.3, -0.25) is 9.36 Å². The summed E-state index contributed by atoms with van der Waals surface area (Å²) in [4.78, 5) is 32.4. The molecule has 0 radical (unpaired) electrons. The molecule has 230 valence electrons. The Labute approximate surface area is 274 Å². The van der Waals surface area contributed by atoms with Gasteiger partial charge < -0.3 is 14.2 Å². The monoisotopic (exact) mass is 661 g/mol. The van der Waals surface area contributed by atoms with Gasteiger partial charge in [-0.05, 0) is 63.6 Å². The molecule has 4 aromatic rings. The van der Waals surface area contributed by atoms with Crippen LogP contribution >= 0.6 is 34.5 Å². The van der Waals surface area contributed by atoms with Crippen LogP contribution in [0.2, 0.25) is 10.0 Å². The molecule has 1 aromatic heterocycles. The second kappa shape index (κ2) is 13.7. The number of hydrogen-bond donors (Lipinski definition) is 0. The minimum Gasteiger partial charge on any atom is -0.491 e. The number of benzene rings is 3. The highest BCUT2D eigenvalue weighted by atomic mass is 35.5. The fraction of sp³-hybridized carbons (Fsp3) is 0.235. The smallest absolute Gasteiger partial charge is 0.338 e. The number of carbonyl (C=O) groups excluding carboxylic acids is 1. The molecule has 1 atom stereocenters. The van der Waals surface area contributed by atoms with Crippen LogP contribution < -0.4 is 24.4 Å². The van der Waals surface area contributed by atoms with Crippen LogP contribution in [-0.2, 0) is 16.1 Å². The van der Waals surface area contributed by atoms with E-state index in [2.05, 4.69) is 11.1 Å². The lowest BCUT2D eigenvalue weighted by molar-refractivity contribution is -0.139. The minimum atomic E-state index is -0.823. The lowest BCUT2D eigenvalue weighted by Crippen LogP contribution is -2.40. The van der Waals surface area contributed by atoms with Crippen molar-refractivity contribution >= 4 is 46.6 Å². The number of halogens is 2. The second-order valence-corrected chi connectivity index (χ2v) is 12.2. The molecule has 0 amide bonds. The zero-order chi connectivity index (χ0) is 32.2. The Kier molecular flexibility index (Phi) is 9.78. The third-order valence-electron chi connectivity index (χ3n) is 6.92. The van der Waals surface area contributed by atoms with Crippen molar-refractivity contribution in [1.29, 1.82) is 5.26 Å². The topological polar surface area (TPSA) is 103 Å². The molecule has 3 aromatic carbocycles. The third kappa shape index (κ3) is 6.69. The summed E-state index contributed by atoms with van der Waals surface area (Å²) in [5, 5.41) is 9.86. The van der Waals surface area contributed by atoms with Gasteiger partial charge in [-0.25, -0.2) is 9.79 Å². The summed E-state index contributed by atoms with van der Waals surface area (Å²) < 4.78 is 19.3. The molecule has 0 spiro atoms. The van der Waals surface area contributed by atoms with Crippen LogP contribution in [0.3, 0.4) is 0 Å². The summed E-state index contributed by atoms with van der Waals surface area (Å²) in [5.74, 6) is 0.264. The molecule has 8 nitrogen and oxygen atoms in total. The van der Waals surface area contributed by atoms with E-state index in [4.69, 9.17) is 37.4 Å². The van der Waals surface area contributed by atoms with E-state index in [9.17, 15) is 14.9 Å². The summed E-state index contributed by atoms with van der Waals surface area (Å²) in [6.45, 7) is 7.55. The SMILES string of the molecule is CCOC(=O)C1=C(C)N=c2s/c(=C/c3cc(Cl)c(OCc4ccccc4C#N)c(Cl)c3)c(=O)n2[C@@H]1c1ccccc1OC(C)C. The van der Waals surface area contributed by atoms with Crippen LogP contribution in [0.1, 0.15) is 56.0 Å². The van der Waals surface area contributed by atoms with Crippen molar-refractivity contribution in [1.82, 2.24) is 4.57 Å². The van der Waals surface area contributed by atoms with E-state index in [1.807, 2.05) is 44.2 Å². The Morgan fingerprint density at radius 1 is 1.13 bits per heavy atom. The van der Waals surface area contributed by atoms with Gasteiger partial charge in [0.05, 0.1) is 50.2 Å². The van der Waals surface area contributed by atoms with Gasteiger partial charge in [0.2, 0.25) is 0 Å². The largest absolute Gasteiger partial charge is 0.491 e. The summed E-state index contributed by atoms with van der Waals surface area (Å²) in [7, 11) is 0. The number of thiazole rings is 1. The quantitative estimate of drug-likeness (QED) is 0.194. The predicted octanol–water partition coefficient (Wildman–Crippen LogP) is 6.34. The van der Waals surface area contributed by atoms with Gasteiger partial charge in [-0.2, -0.15) is 5.26 Å². The van der Waals surface area contributed by atoms with Crippen molar-refractivity contribution in [3.63, 3.8) is 0 Å². The zero-order valence-corrected chi connectivity index (χ0v) is 27.3. The van der Waals surface area contributed by atoms with Crippen molar-refractivity contribution in [2.45, 2.75) is 46.4 Å². The lowest BCUT2D eigenvalue weighted by atomic mass is 9.95. The Morgan fingerprint density at radius 3 is 2.51 bits per heavy atom. The number of carbonyl (C=O) groups is 1. The van der Waals surface area contributed by atoms with Crippen molar-refractivity contribution in [2.24, 2.45) is 4.99 Å². The molecule has 0 unspecified atom stereocenters. The zero-order valence-electron chi connectivity index (χ0n) is 25.0. The summed E-state index contributed by atoms with van der Waals surface area (Å²) >= 11 is 14.3. The van der Waals surface area contributed by atoms with E-state index >= 15 is 0 Å². The van der Waals surface area contributed by atoms with Crippen LogP contribution in [-0.4, -0.2) is 23.2 Å². The number of para-hydroxylation sites is 1. The molecule has 0 bridgehead atoms. The number of nitrogens with zero attached hydrogens (tertiary/aromatic N) is 3. The molecule has 1 aliphatic rings. The Morgan fingerprint density at radius 2 is 1.82 bits per heavy atom. The molecule has 5 rings (SSSR count). The highest BCUT2D eigenvalue weighted by Crippen LogP contribution is 2.37. The van der Waals surface area contributed by atoms with E-state index in [-0.39, 0.29) is 46.2 Å². The molecule has 45 heavy (non-hydrogen) atoms. The molecule has 0 saturated heterocycles. The average Bonchev–Trinajstić information content (AvgIpc) is 3.30. The molecule has 2 heterocycles.